The number of hydrogen-bond acceptors (Lipinski definition) is 8. The van der Waals surface area contributed by atoms with E-state index in [1.165, 1.54) is 26.2 Å². The predicted octanol–water partition coefficient (Wildman–Crippen LogP) is 5.47. The smallest absolute Gasteiger partial charge is 0.415 e. The molecule has 1 unspecified atom stereocenters. The van der Waals surface area contributed by atoms with Gasteiger partial charge in [-0.15, -0.1) is 11.6 Å². The number of aromatic amines is 1. The predicted molar refractivity (Wildman–Crippen MR) is 151 cm³/mol. The minimum absolute atomic E-state index is 0.183. The van der Waals surface area contributed by atoms with Crippen molar-refractivity contribution in [2.75, 3.05) is 52.2 Å². The van der Waals surface area contributed by atoms with E-state index in [1.807, 2.05) is 6.92 Å². The molecular formula is C28H31ClN4O7. The summed E-state index contributed by atoms with van der Waals surface area (Å²) >= 11 is 6.39. The molecule has 0 saturated carbocycles. The molecule has 2 aromatic carbocycles. The molecule has 1 atom stereocenters. The molecular weight excluding hydrogens is 540 g/mol. The molecule has 1 aliphatic heterocycles. The largest absolute Gasteiger partial charge is 0.493 e. The van der Waals surface area contributed by atoms with E-state index in [9.17, 15) is 9.59 Å². The van der Waals surface area contributed by atoms with Gasteiger partial charge < -0.3 is 38.1 Å². The molecule has 11 nitrogen and oxygen atoms in total. The number of fused-ring (bicyclic) bond motifs is 4. The Hall–Kier alpha value is -4.12. The molecule has 2 aromatic heterocycles. The van der Waals surface area contributed by atoms with Gasteiger partial charge in [0.1, 0.15) is 11.2 Å². The van der Waals surface area contributed by atoms with Crippen LogP contribution in [0, 0.1) is 6.92 Å². The number of anilines is 1. The Morgan fingerprint density at radius 2 is 1.90 bits per heavy atom. The van der Waals surface area contributed by atoms with Crippen molar-refractivity contribution in [2.24, 2.45) is 0 Å². The van der Waals surface area contributed by atoms with Crippen LogP contribution in [0.1, 0.15) is 41.2 Å². The van der Waals surface area contributed by atoms with E-state index < -0.39 is 6.09 Å². The SMILES string of the molecule is CCCN(C)C(=O)Oc1cc2c(c3nc(C)oc13)C(CCl)CN2C(=O)c1cc2cc(OC)c(OC)c(OC)c2[nH]1. The fourth-order valence-electron chi connectivity index (χ4n) is 5.20. The van der Waals surface area contributed by atoms with Crippen molar-refractivity contribution in [3.63, 3.8) is 0 Å². The van der Waals surface area contributed by atoms with E-state index in [0.29, 0.717) is 69.6 Å². The van der Waals surface area contributed by atoms with Crippen molar-refractivity contribution in [1.82, 2.24) is 14.9 Å². The zero-order valence-corrected chi connectivity index (χ0v) is 24.0. The molecule has 0 saturated heterocycles. The Morgan fingerprint density at radius 3 is 2.55 bits per heavy atom. The minimum Gasteiger partial charge on any atom is -0.493 e. The van der Waals surface area contributed by atoms with Crippen LogP contribution in [0.25, 0.3) is 22.0 Å². The Bertz CT molecular complexity index is 1610. The number of benzene rings is 2. The third-order valence-electron chi connectivity index (χ3n) is 7.01. The highest BCUT2D eigenvalue weighted by Gasteiger charge is 2.38. The maximum atomic E-state index is 14.0. The maximum Gasteiger partial charge on any atom is 0.415 e. The summed E-state index contributed by atoms with van der Waals surface area (Å²) < 4.78 is 28.1. The number of carbonyl (C=O) groups excluding carboxylic acids is 2. The van der Waals surface area contributed by atoms with Crippen LogP contribution in [-0.2, 0) is 0 Å². The van der Waals surface area contributed by atoms with Crippen LogP contribution in [0.4, 0.5) is 10.5 Å². The number of ether oxygens (including phenoxy) is 4. The molecule has 212 valence electrons. The number of nitrogens with one attached hydrogen (secondary N) is 1. The van der Waals surface area contributed by atoms with Gasteiger partial charge in [0.2, 0.25) is 5.75 Å². The van der Waals surface area contributed by atoms with E-state index in [0.717, 1.165) is 12.0 Å². The van der Waals surface area contributed by atoms with E-state index in [1.54, 1.807) is 37.1 Å². The summed E-state index contributed by atoms with van der Waals surface area (Å²) in [7, 11) is 6.24. The summed E-state index contributed by atoms with van der Waals surface area (Å²) in [5.41, 5.74) is 3.10. The number of aromatic nitrogens is 2. The zero-order chi connectivity index (χ0) is 28.7. The summed E-state index contributed by atoms with van der Waals surface area (Å²) in [5, 5.41) is 0.710. The molecule has 0 radical (unpaired) electrons. The average molecular weight is 571 g/mol. The van der Waals surface area contributed by atoms with E-state index >= 15 is 0 Å². The summed E-state index contributed by atoms with van der Waals surface area (Å²) in [6.07, 6.45) is 0.242. The first-order valence-corrected chi connectivity index (χ1v) is 13.4. The Labute approximate surface area is 235 Å². The Kier molecular flexibility index (Phi) is 7.41. The molecule has 2 amide bonds. The van der Waals surface area contributed by atoms with Crippen molar-refractivity contribution in [1.29, 1.82) is 0 Å². The molecule has 3 heterocycles. The van der Waals surface area contributed by atoms with Crippen LogP contribution in [0.3, 0.4) is 0 Å². The molecule has 0 spiro atoms. The second kappa shape index (κ2) is 10.8. The molecule has 0 fully saturated rings. The zero-order valence-electron chi connectivity index (χ0n) is 23.2. The lowest BCUT2D eigenvalue weighted by Gasteiger charge is -2.19. The third kappa shape index (κ3) is 4.43. The number of methoxy groups -OCH3 is 3. The lowest BCUT2D eigenvalue weighted by Crippen LogP contribution is -2.31. The van der Waals surface area contributed by atoms with Gasteiger partial charge in [-0.1, -0.05) is 6.92 Å². The van der Waals surface area contributed by atoms with Crippen LogP contribution in [0.15, 0.2) is 22.6 Å². The monoisotopic (exact) mass is 570 g/mol. The normalized spacial score (nSPS) is 14.5. The molecule has 40 heavy (non-hydrogen) atoms. The first kappa shape index (κ1) is 27.4. The van der Waals surface area contributed by atoms with Gasteiger partial charge in [-0.25, -0.2) is 9.78 Å². The van der Waals surface area contributed by atoms with Gasteiger partial charge in [-0.05, 0) is 18.6 Å². The minimum atomic E-state index is -0.535. The highest BCUT2D eigenvalue weighted by atomic mass is 35.5. The molecule has 1 aliphatic rings. The second-order valence-corrected chi connectivity index (χ2v) is 9.88. The number of halogens is 1. The van der Waals surface area contributed by atoms with Crippen LogP contribution in [0.5, 0.6) is 23.0 Å². The molecule has 1 N–H and O–H groups in total. The van der Waals surface area contributed by atoms with Crippen LogP contribution in [-0.4, -0.2) is 74.2 Å². The fraction of sp³-hybridized carbons (Fsp3) is 0.393. The quantitative estimate of drug-likeness (QED) is 0.277. The summed E-state index contributed by atoms with van der Waals surface area (Å²) in [5.74, 6) is 1.64. The lowest BCUT2D eigenvalue weighted by atomic mass is 10.0. The first-order valence-electron chi connectivity index (χ1n) is 12.8. The van der Waals surface area contributed by atoms with Gasteiger partial charge in [0.05, 0.1) is 32.5 Å². The highest BCUT2D eigenvalue weighted by Crippen LogP contribution is 2.47. The molecule has 4 aromatic rings. The number of H-pyrrole nitrogens is 1. The molecule has 0 bridgehead atoms. The first-order chi connectivity index (χ1) is 19.3. The van der Waals surface area contributed by atoms with Gasteiger partial charge in [-0.3, -0.25) is 4.79 Å². The number of alkyl halides is 1. The van der Waals surface area contributed by atoms with Crippen molar-refractivity contribution < 1.29 is 33.0 Å². The summed E-state index contributed by atoms with van der Waals surface area (Å²) in [6, 6.07) is 5.16. The van der Waals surface area contributed by atoms with Gasteiger partial charge in [-0.2, -0.15) is 0 Å². The number of carbonyl (C=O) groups is 2. The van der Waals surface area contributed by atoms with Crippen LogP contribution in [0.2, 0.25) is 0 Å². The number of rotatable bonds is 8. The van der Waals surface area contributed by atoms with Gasteiger partial charge in [0.25, 0.3) is 5.91 Å². The maximum absolute atomic E-state index is 14.0. The third-order valence-corrected chi connectivity index (χ3v) is 7.38. The number of aryl methyl sites for hydroxylation is 1. The molecule has 12 heteroatoms. The van der Waals surface area contributed by atoms with Crippen LogP contribution < -0.4 is 23.8 Å². The lowest BCUT2D eigenvalue weighted by molar-refractivity contribution is 0.0984. The fourth-order valence-corrected chi connectivity index (χ4v) is 5.45. The van der Waals surface area contributed by atoms with Gasteiger partial charge in [0.15, 0.2) is 28.7 Å². The van der Waals surface area contributed by atoms with Crippen LogP contribution >= 0.6 is 11.6 Å². The standard InChI is InChI=1S/C28H31ClN4O7/c1-7-8-32(3)28(35)40-20-11-18-21(23-24(20)39-14(2)30-23)16(12-29)13-33(18)27(34)17-9-15-10-19(36-4)25(37-5)26(38-6)22(15)31-17/h9-11,16,31H,7-8,12-13H2,1-6H3. The molecule has 5 rings (SSSR count). The van der Waals surface area contributed by atoms with Crippen molar-refractivity contribution in [2.45, 2.75) is 26.2 Å². The number of nitrogens with zero attached hydrogens (tertiary/aromatic N) is 3. The number of hydrogen-bond donors (Lipinski definition) is 1. The molecule has 0 aliphatic carbocycles. The number of amides is 2. The average Bonchev–Trinajstić information content (AvgIpc) is 3.65. The number of oxazole rings is 1. The van der Waals surface area contributed by atoms with E-state index in [2.05, 4.69) is 9.97 Å². The van der Waals surface area contributed by atoms with Crippen molar-refractivity contribution in [3.05, 3.63) is 35.3 Å². The van der Waals surface area contributed by atoms with E-state index in [4.69, 9.17) is 35.0 Å². The van der Waals surface area contributed by atoms with Gasteiger partial charge in [0, 0.05) is 55.9 Å². The summed E-state index contributed by atoms with van der Waals surface area (Å²) in [6.45, 7) is 4.53. The van der Waals surface area contributed by atoms with Crippen molar-refractivity contribution >= 4 is 51.3 Å². The second-order valence-electron chi connectivity index (χ2n) is 9.57. The topological polar surface area (TPSA) is 119 Å². The van der Waals surface area contributed by atoms with E-state index in [-0.39, 0.29) is 23.5 Å². The Balaban J connectivity index is 1.61. The summed E-state index contributed by atoms with van der Waals surface area (Å²) in [4.78, 5) is 37.6. The van der Waals surface area contributed by atoms with Gasteiger partial charge >= 0.3 is 6.09 Å². The Morgan fingerprint density at radius 1 is 1.15 bits per heavy atom. The van der Waals surface area contributed by atoms with Crippen molar-refractivity contribution in [3.8, 4) is 23.0 Å². The highest BCUT2D eigenvalue weighted by molar-refractivity contribution is 6.19.